The smallest absolute Gasteiger partial charge is 0.244 e. The quantitative estimate of drug-likeness (QED) is 0.727. The van der Waals surface area contributed by atoms with Crippen LogP contribution in [0.25, 0.3) is 16.5 Å². The van der Waals surface area contributed by atoms with Crippen molar-refractivity contribution in [2.45, 2.75) is 32.1 Å². The lowest BCUT2D eigenvalue weighted by molar-refractivity contribution is -0.131. The van der Waals surface area contributed by atoms with Gasteiger partial charge in [-0.15, -0.1) is 11.3 Å². The summed E-state index contributed by atoms with van der Waals surface area (Å²) in [6.45, 7) is 1.99. The van der Waals surface area contributed by atoms with Crippen LogP contribution in [0.4, 0.5) is 4.39 Å². The maximum absolute atomic E-state index is 13.9. The van der Waals surface area contributed by atoms with E-state index in [1.54, 1.807) is 24.3 Å². The highest BCUT2D eigenvalue weighted by atomic mass is 32.1. The topological polar surface area (TPSA) is 49.4 Å². The van der Waals surface area contributed by atoms with Gasteiger partial charge in [-0.05, 0) is 37.1 Å². The van der Waals surface area contributed by atoms with Gasteiger partial charge in [-0.25, -0.2) is 4.39 Å². The number of thiophene rings is 1. The Bertz CT molecular complexity index is 839. The summed E-state index contributed by atoms with van der Waals surface area (Å²) in [6.07, 6.45) is 8.00. The van der Waals surface area contributed by atoms with Gasteiger partial charge >= 0.3 is 0 Å². The fourth-order valence-corrected chi connectivity index (χ4v) is 4.17. The van der Waals surface area contributed by atoms with Gasteiger partial charge in [-0.1, -0.05) is 31.0 Å². The van der Waals surface area contributed by atoms with E-state index in [0.717, 1.165) is 35.7 Å². The molecule has 4 nitrogen and oxygen atoms in total. The maximum atomic E-state index is 13.9. The van der Waals surface area contributed by atoms with Gasteiger partial charge in [0, 0.05) is 47.4 Å². The number of amides is 2. The van der Waals surface area contributed by atoms with Crippen molar-refractivity contribution in [2.24, 2.45) is 0 Å². The zero-order valence-electron chi connectivity index (χ0n) is 15.8. The first kappa shape index (κ1) is 20.3. The van der Waals surface area contributed by atoms with E-state index in [1.807, 2.05) is 17.0 Å². The third kappa shape index (κ3) is 5.76. The first-order valence-corrected chi connectivity index (χ1v) is 10.5. The van der Waals surface area contributed by atoms with Crippen LogP contribution in [-0.4, -0.2) is 36.3 Å². The minimum atomic E-state index is -0.258. The Morgan fingerprint density at radius 2 is 1.82 bits per heavy atom. The Hall–Kier alpha value is -2.47. The zero-order chi connectivity index (χ0) is 19.8. The monoisotopic (exact) mass is 400 g/mol. The Kier molecular flexibility index (Phi) is 7.37. The van der Waals surface area contributed by atoms with E-state index < -0.39 is 0 Å². The third-order valence-electron chi connectivity index (χ3n) is 4.76. The zero-order valence-corrected chi connectivity index (χ0v) is 16.6. The average Bonchev–Trinajstić information content (AvgIpc) is 2.99. The second kappa shape index (κ2) is 10.2. The first-order valence-electron chi connectivity index (χ1n) is 9.72. The van der Waals surface area contributed by atoms with Crippen molar-refractivity contribution in [1.82, 2.24) is 10.2 Å². The molecule has 6 heteroatoms. The van der Waals surface area contributed by atoms with Crippen molar-refractivity contribution in [3.63, 3.8) is 0 Å². The van der Waals surface area contributed by atoms with Gasteiger partial charge < -0.3 is 10.2 Å². The summed E-state index contributed by atoms with van der Waals surface area (Å²) in [5, 5.41) is 2.76. The van der Waals surface area contributed by atoms with Crippen molar-refractivity contribution in [2.75, 3.05) is 19.6 Å². The highest BCUT2D eigenvalue weighted by Crippen LogP contribution is 2.30. The predicted octanol–water partition coefficient (Wildman–Crippen LogP) is 4.48. The van der Waals surface area contributed by atoms with E-state index >= 15 is 0 Å². The number of carbonyl (C=O) groups is 2. The van der Waals surface area contributed by atoms with Crippen molar-refractivity contribution in [1.29, 1.82) is 0 Å². The number of hydrogen-bond donors (Lipinski definition) is 1. The summed E-state index contributed by atoms with van der Waals surface area (Å²) in [5.41, 5.74) is 0.559. The molecule has 1 aliphatic rings. The number of carbonyl (C=O) groups excluding carboxylic acids is 2. The van der Waals surface area contributed by atoms with Crippen LogP contribution in [0, 0.1) is 5.82 Å². The van der Waals surface area contributed by atoms with Crippen molar-refractivity contribution in [3.8, 4) is 10.4 Å². The summed E-state index contributed by atoms with van der Waals surface area (Å²) in [4.78, 5) is 27.8. The molecule has 1 N–H and O–H groups in total. The summed E-state index contributed by atoms with van der Waals surface area (Å²) in [5.74, 6) is -0.379. The van der Waals surface area contributed by atoms with Gasteiger partial charge in [0.2, 0.25) is 11.8 Å². The molecular formula is C22H25FN2O2S. The fraction of sp³-hybridized carbons (Fsp3) is 0.364. The minimum absolute atomic E-state index is 0.110. The molecule has 1 aliphatic heterocycles. The lowest BCUT2D eigenvalue weighted by Crippen LogP contribution is -2.34. The molecule has 0 saturated carbocycles. The van der Waals surface area contributed by atoms with Gasteiger partial charge in [0.05, 0.1) is 0 Å². The molecule has 2 heterocycles. The van der Waals surface area contributed by atoms with E-state index in [0.29, 0.717) is 18.5 Å². The number of benzene rings is 1. The molecule has 1 aromatic carbocycles. The standard InChI is InChI=1S/C22H25FN2O2S/c23-19-8-4-3-7-18(19)20-11-9-17(28-20)10-12-21(26)24-14-13-22(27)25-15-5-1-2-6-16-25/h3-4,7-12H,1-2,5-6,13-16H2,(H,24,26)/b12-10+. The number of rotatable bonds is 6. The normalized spacial score (nSPS) is 14.8. The van der Waals surface area contributed by atoms with Crippen molar-refractivity contribution in [3.05, 3.63) is 53.2 Å². The van der Waals surface area contributed by atoms with E-state index in [1.165, 1.54) is 36.3 Å². The SMILES string of the molecule is O=C(/C=C/c1ccc(-c2ccccc2F)s1)NCCC(=O)N1CCCCCC1. The Morgan fingerprint density at radius 1 is 1.07 bits per heavy atom. The van der Waals surface area contributed by atoms with Gasteiger partial charge in [-0.3, -0.25) is 9.59 Å². The molecule has 0 unspecified atom stereocenters. The molecule has 0 bridgehead atoms. The number of hydrogen-bond acceptors (Lipinski definition) is 3. The molecule has 0 atom stereocenters. The van der Waals surface area contributed by atoms with Crippen LogP contribution in [0.15, 0.2) is 42.5 Å². The summed E-state index contributed by atoms with van der Waals surface area (Å²) < 4.78 is 13.9. The highest BCUT2D eigenvalue weighted by molar-refractivity contribution is 7.16. The summed E-state index contributed by atoms with van der Waals surface area (Å²) in [6, 6.07) is 10.3. The van der Waals surface area contributed by atoms with Gasteiger partial charge in [-0.2, -0.15) is 0 Å². The van der Waals surface area contributed by atoms with E-state index in [-0.39, 0.29) is 17.6 Å². The Morgan fingerprint density at radius 3 is 2.57 bits per heavy atom. The maximum Gasteiger partial charge on any atom is 0.244 e. The second-order valence-corrected chi connectivity index (χ2v) is 7.97. The number of nitrogens with zero attached hydrogens (tertiary/aromatic N) is 1. The minimum Gasteiger partial charge on any atom is -0.352 e. The third-order valence-corrected chi connectivity index (χ3v) is 5.85. The molecule has 3 rings (SSSR count). The molecule has 148 valence electrons. The molecule has 2 amide bonds. The van der Waals surface area contributed by atoms with Gasteiger partial charge in [0.15, 0.2) is 0 Å². The molecule has 1 saturated heterocycles. The fourth-order valence-electron chi connectivity index (χ4n) is 3.24. The molecule has 0 aliphatic carbocycles. The van der Waals surface area contributed by atoms with Crippen LogP contribution in [0.1, 0.15) is 37.0 Å². The molecule has 2 aromatic rings. The Labute approximate surface area is 169 Å². The van der Waals surface area contributed by atoms with Crippen LogP contribution in [0.3, 0.4) is 0 Å². The molecule has 0 spiro atoms. The predicted molar refractivity (Wildman–Crippen MR) is 111 cm³/mol. The highest BCUT2D eigenvalue weighted by Gasteiger charge is 2.15. The van der Waals surface area contributed by atoms with Gasteiger partial charge in [0.25, 0.3) is 0 Å². The van der Waals surface area contributed by atoms with Crippen LogP contribution in [0.5, 0.6) is 0 Å². The van der Waals surface area contributed by atoms with Crippen LogP contribution in [-0.2, 0) is 9.59 Å². The molecule has 28 heavy (non-hydrogen) atoms. The molecule has 0 radical (unpaired) electrons. The van der Waals surface area contributed by atoms with Crippen molar-refractivity contribution >= 4 is 29.2 Å². The van der Waals surface area contributed by atoms with Crippen LogP contribution in [0.2, 0.25) is 0 Å². The van der Waals surface area contributed by atoms with E-state index in [2.05, 4.69) is 5.32 Å². The largest absolute Gasteiger partial charge is 0.352 e. The first-order chi connectivity index (χ1) is 13.6. The van der Waals surface area contributed by atoms with Gasteiger partial charge in [0.1, 0.15) is 5.82 Å². The summed E-state index contributed by atoms with van der Waals surface area (Å²) >= 11 is 1.42. The second-order valence-electron chi connectivity index (χ2n) is 6.85. The number of nitrogens with one attached hydrogen (secondary N) is 1. The van der Waals surface area contributed by atoms with Crippen LogP contribution < -0.4 is 5.32 Å². The molecule has 1 aromatic heterocycles. The van der Waals surface area contributed by atoms with E-state index in [9.17, 15) is 14.0 Å². The Balaban J connectivity index is 1.45. The lowest BCUT2D eigenvalue weighted by Gasteiger charge is -2.20. The number of halogens is 1. The van der Waals surface area contributed by atoms with Crippen molar-refractivity contribution < 1.29 is 14.0 Å². The van der Waals surface area contributed by atoms with E-state index in [4.69, 9.17) is 0 Å². The van der Waals surface area contributed by atoms with Crippen LogP contribution >= 0.6 is 11.3 Å². The summed E-state index contributed by atoms with van der Waals surface area (Å²) in [7, 11) is 0. The number of likely N-dealkylation sites (tertiary alicyclic amines) is 1. The molecule has 1 fully saturated rings. The molecular weight excluding hydrogens is 375 g/mol. The average molecular weight is 401 g/mol. The lowest BCUT2D eigenvalue weighted by atomic mass is 10.2.